The quantitative estimate of drug-likeness (QED) is 0.480. The fourth-order valence-corrected chi connectivity index (χ4v) is 2.39. The zero-order valence-corrected chi connectivity index (χ0v) is 14.2. The van der Waals surface area contributed by atoms with Gasteiger partial charge in [-0.25, -0.2) is 0 Å². The van der Waals surface area contributed by atoms with E-state index in [0.717, 1.165) is 15.7 Å². The maximum absolute atomic E-state index is 10.8. The molecule has 6 heteroatoms. The van der Waals surface area contributed by atoms with Crippen LogP contribution in [0, 0.1) is 6.92 Å². The standard InChI is InChI=1S/C9H8BrN2OS.Pb/c1-6-2-3-7(10)4-8(6)12-9(14)11-5-13;/h2-4H,1H3,(H2,11,12,13,14);. The number of halogens is 1. The number of aryl methyl sites for hydroxylation is 1. The molecule has 0 saturated heterocycles. The van der Waals surface area contributed by atoms with Gasteiger partial charge in [-0.3, -0.25) is 0 Å². The predicted molar refractivity (Wildman–Crippen MR) is 69.4 cm³/mol. The van der Waals surface area contributed by atoms with Gasteiger partial charge in [0.05, 0.1) is 0 Å². The summed E-state index contributed by atoms with van der Waals surface area (Å²) in [6.45, 7) is 1.97. The summed E-state index contributed by atoms with van der Waals surface area (Å²) in [5.41, 5.74) is 1.97. The van der Waals surface area contributed by atoms with Crippen molar-refractivity contribution in [3.63, 3.8) is 0 Å². The first-order valence-electron chi connectivity index (χ1n) is 4.09. The molecule has 15 heavy (non-hydrogen) atoms. The van der Waals surface area contributed by atoms with Gasteiger partial charge in [-0.05, 0) is 0 Å². The summed E-state index contributed by atoms with van der Waals surface area (Å²) >= 11 is 8.80. The van der Waals surface area contributed by atoms with Crippen molar-refractivity contribution in [2.24, 2.45) is 0 Å². The number of rotatable bonds is 1. The van der Waals surface area contributed by atoms with Crippen LogP contribution < -0.4 is 10.6 Å². The summed E-state index contributed by atoms with van der Waals surface area (Å²) in [6.07, 6.45) is 0. The van der Waals surface area contributed by atoms with Crippen LogP contribution in [0.2, 0.25) is 0 Å². The summed E-state index contributed by atoms with van der Waals surface area (Å²) in [7, 11) is 0. The van der Waals surface area contributed by atoms with Gasteiger partial charge in [0.2, 0.25) is 0 Å². The van der Waals surface area contributed by atoms with E-state index in [-0.39, 0.29) is 3.47 Å². The molecule has 0 aliphatic heterocycles. The van der Waals surface area contributed by atoms with Crippen molar-refractivity contribution >= 4 is 68.2 Å². The van der Waals surface area contributed by atoms with E-state index in [4.69, 9.17) is 12.2 Å². The summed E-state index contributed by atoms with van der Waals surface area (Å²) in [5, 5.41) is 5.88. The first-order chi connectivity index (χ1) is 6.99. The van der Waals surface area contributed by atoms with Crippen LogP contribution in [0.4, 0.5) is 10.5 Å². The average molecular weight is 479 g/mol. The second-order valence-electron chi connectivity index (χ2n) is 2.87. The second kappa shape index (κ2) is 5.90. The van der Waals surface area contributed by atoms with E-state index in [9.17, 15) is 4.79 Å². The molecule has 0 bridgehead atoms. The van der Waals surface area contributed by atoms with Gasteiger partial charge < -0.3 is 0 Å². The summed E-state index contributed by atoms with van der Waals surface area (Å²) < 4.78 is 0.927. The molecule has 0 aromatic heterocycles. The molecule has 0 spiro atoms. The molecule has 1 aromatic carbocycles. The molecule has 0 heterocycles. The minimum atomic E-state index is -0.0415. The zero-order valence-electron chi connectivity index (χ0n) is 7.93. The number of benzene rings is 1. The third kappa shape index (κ3) is 4.56. The Bertz CT molecular complexity index is 411. The predicted octanol–water partition coefficient (Wildman–Crippen LogP) is 2.33. The summed E-state index contributed by atoms with van der Waals surface area (Å²) in [5.74, 6) is 0. The fourth-order valence-electron chi connectivity index (χ4n) is 0.986. The van der Waals surface area contributed by atoms with Crippen molar-refractivity contribution in [3.8, 4) is 0 Å². The number of carbonyl (C=O) groups is 1. The van der Waals surface area contributed by atoms with E-state index < -0.39 is 0 Å². The Morgan fingerprint density at radius 1 is 1.53 bits per heavy atom. The average Bonchev–Trinajstić information content (AvgIpc) is 2.10. The van der Waals surface area contributed by atoms with Gasteiger partial charge in [0, 0.05) is 0 Å². The SMILES string of the molecule is Cc1ccc(Br)cc1NC(=S)N[C](=O)[Pb]. The van der Waals surface area contributed by atoms with E-state index in [1.807, 2.05) is 25.1 Å². The second-order valence-corrected chi connectivity index (χ2v) is 5.96. The van der Waals surface area contributed by atoms with Crippen LogP contribution in [0.15, 0.2) is 22.7 Å². The molecule has 0 aliphatic rings. The van der Waals surface area contributed by atoms with Gasteiger partial charge in [-0.1, -0.05) is 0 Å². The van der Waals surface area contributed by atoms with Gasteiger partial charge in [-0.2, -0.15) is 0 Å². The Morgan fingerprint density at radius 2 is 2.20 bits per heavy atom. The third-order valence-electron chi connectivity index (χ3n) is 1.67. The summed E-state index contributed by atoms with van der Waals surface area (Å²) in [6, 6.07) is 5.84. The molecule has 0 saturated carbocycles. The van der Waals surface area contributed by atoms with Crippen molar-refractivity contribution in [2.75, 3.05) is 5.32 Å². The van der Waals surface area contributed by atoms with E-state index in [1.165, 1.54) is 0 Å². The molecule has 3 radical (unpaired) electrons. The molecule has 77 valence electrons. The first kappa shape index (κ1) is 13.0. The first-order valence-corrected chi connectivity index (χ1v) is 7.23. The Morgan fingerprint density at radius 3 is 2.80 bits per heavy atom. The molecular weight excluding hydrogens is 471 g/mol. The monoisotopic (exact) mass is 479 g/mol. The van der Waals surface area contributed by atoms with Gasteiger partial charge in [0.15, 0.2) is 0 Å². The van der Waals surface area contributed by atoms with Crippen LogP contribution in [-0.2, 0) is 0 Å². The minimum absolute atomic E-state index is 0.0415. The number of hydrogen-bond acceptors (Lipinski definition) is 2. The van der Waals surface area contributed by atoms with Crippen molar-refractivity contribution in [1.29, 1.82) is 0 Å². The molecular formula is C9H8BrN2OPbS. The van der Waals surface area contributed by atoms with E-state index in [2.05, 4.69) is 26.6 Å². The number of nitrogens with one attached hydrogen (secondary N) is 2. The normalized spacial score (nSPS) is 9.53. The summed E-state index contributed by atoms with van der Waals surface area (Å²) in [4.78, 5) is 10.8. The molecule has 2 N–H and O–H groups in total. The van der Waals surface area contributed by atoms with Crippen LogP contribution in [0.5, 0.6) is 0 Å². The molecule has 0 aliphatic carbocycles. The van der Waals surface area contributed by atoms with Crippen LogP contribution in [0.3, 0.4) is 0 Å². The van der Waals surface area contributed by atoms with Crippen molar-refractivity contribution in [3.05, 3.63) is 28.2 Å². The van der Waals surface area contributed by atoms with E-state index >= 15 is 0 Å². The van der Waals surface area contributed by atoms with Gasteiger partial charge >= 0.3 is 119 Å². The van der Waals surface area contributed by atoms with Crippen LogP contribution >= 0.6 is 28.1 Å². The van der Waals surface area contributed by atoms with Crippen molar-refractivity contribution in [1.82, 2.24) is 5.32 Å². The Hall–Kier alpha value is -0.0179. The van der Waals surface area contributed by atoms with Crippen LogP contribution in [0.1, 0.15) is 5.56 Å². The van der Waals surface area contributed by atoms with Crippen LogP contribution in [-0.4, -0.2) is 34.3 Å². The maximum atomic E-state index is 10.8. The van der Waals surface area contributed by atoms with Gasteiger partial charge in [-0.15, -0.1) is 0 Å². The Kier molecular flexibility index (Phi) is 5.13. The van der Waals surface area contributed by atoms with E-state index in [1.54, 1.807) is 0 Å². The molecule has 1 amide bonds. The van der Waals surface area contributed by atoms with Gasteiger partial charge in [0.1, 0.15) is 0 Å². The molecule has 1 aromatic rings. The number of hydrogen-bond donors (Lipinski definition) is 2. The fraction of sp³-hybridized carbons (Fsp3) is 0.111. The van der Waals surface area contributed by atoms with Crippen LogP contribution in [0.25, 0.3) is 0 Å². The molecule has 1 rings (SSSR count). The third-order valence-corrected chi connectivity index (χ3v) is 2.86. The zero-order chi connectivity index (χ0) is 11.4. The topological polar surface area (TPSA) is 41.1 Å². The molecule has 0 atom stereocenters. The van der Waals surface area contributed by atoms with E-state index in [0.29, 0.717) is 30.9 Å². The number of anilines is 1. The Labute approximate surface area is 118 Å². The van der Waals surface area contributed by atoms with Crippen molar-refractivity contribution in [2.45, 2.75) is 6.92 Å². The molecule has 0 fully saturated rings. The molecule has 3 nitrogen and oxygen atoms in total. The number of carbonyl (C=O) groups excluding carboxylic acids is 1. The Balaban J connectivity index is 2.76. The van der Waals surface area contributed by atoms with Gasteiger partial charge in [0.25, 0.3) is 0 Å². The van der Waals surface area contributed by atoms with Crippen molar-refractivity contribution < 1.29 is 4.79 Å². The number of thiocarbonyl (C=S) groups is 1. The molecule has 0 unspecified atom stereocenters. The number of amides is 1.